The molecule has 2 unspecified atom stereocenters. The summed E-state index contributed by atoms with van der Waals surface area (Å²) in [4.78, 5) is 0. The zero-order chi connectivity index (χ0) is 26.5. The molecule has 1 nitrogen and oxygen atoms in total. The first-order valence-electron chi connectivity index (χ1n) is 14.2. The molecule has 0 fully saturated rings. The maximum atomic E-state index is 7.26. The number of allylic oxidation sites excluding steroid dienone is 5. The standard InChI is InChI=1S/C37H36OSi/c1-37(31-17-12-13-18-31,36-27-26-30-16-11-14-25-35(30)36)28-15-29-38-39(32-19-5-2-6-20-32,33-21-7-3-8-22-33)34-23-9-4-10-24-34/h2-14,16-17,19-27,36H,15,18,28-29H2,1H3. The van der Waals surface area contributed by atoms with E-state index < -0.39 is 8.32 Å². The highest BCUT2D eigenvalue weighted by Gasteiger charge is 2.43. The predicted octanol–water partition coefficient (Wildman–Crippen LogP) is 7.15. The normalized spacial score (nSPS) is 17.6. The van der Waals surface area contributed by atoms with Crippen molar-refractivity contribution in [1.29, 1.82) is 0 Å². The second kappa shape index (κ2) is 11.2. The van der Waals surface area contributed by atoms with Gasteiger partial charge in [0.2, 0.25) is 0 Å². The van der Waals surface area contributed by atoms with Crippen LogP contribution in [0.25, 0.3) is 6.08 Å². The lowest BCUT2D eigenvalue weighted by Crippen LogP contribution is -2.69. The summed E-state index contributed by atoms with van der Waals surface area (Å²) in [5, 5.41) is 3.88. The Morgan fingerprint density at radius 2 is 1.31 bits per heavy atom. The van der Waals surface area contributed by atoms with E-state index in [4.69, 9.17) is 4.43 Å². The monoisotopic (exact) mass is 524 g/mol. The van der Waals surface area contributed by atoms with Crippen molar-refractivity contribution < 1.29 is 4.43 Å². The highest BCUT2D eigenvalue weighted by Crippen LogP contribution is 2.51. The highest BCUT2D eigenvalue weighted by molar-refractivity contribution is 7.07. The Kier molecular flexibility index (Phi) is 7.32. The number of hydrogen-bond donors (Lipinski definition) is 0. The molecule has 0 amide bonds. The van der Waals surface area contributed by atoms with Gasteiger partial charge in [0.1, 0.15) is 0 Å². The fourth-order valence-corrected chi connectivity index (χ4v) is 10.6. The van der Waals surface area contributed by atoms with Gasteiger partial charge in [-0.05, 0) is 51.4 Å². The molecule has 0 saturated heterocycles. The van der Waals surface area contributed by atoms with Crippen LogP contribution in [0.3, 0.4) is 0 Å². The van der Waals surface area contributed by atoms with E-state index in [1.54, 1.807) is 0 Å². The molecule has 6 rings (SSSR count). The van der Waals surface area contributed by atoms with Gasteiger partial charge < -0.3 is 4.43 Å². The molecule has 0 N–H and O–H groups in total. The lowest BCUT2D eigenvalue weighted by atomic mass is 9.66. The molecule has 0 saturated carbocycles. The smallest absolute Gasteiger partial charge is 0.288 e. The minimum absolute atomic E-state index is 0.0480. The Hall–Kier alpha value is -3.72. The van der Waals surface area contributed by atoms with Gasteiger partial charge in [-0.3, -0.25) is 0 Å². The molecule has 4 aromatic rings. The third-order valence-electron chi connectivity index (χ3n) is 8.69. The molecule has 2 atom stereocenters. The topological polar surface area (TPSA) is 9.23 Å². The van der Waals surface area contributed by atoms with E-state index in [9.17, 15) is 0 Å². The first-order chi connectivity index (χ1) is 19.2. The summed E-state index contributed by atoms with van der Waals surface area (Å²) >= 11 is 0. The predicted molar refractivity (Wildman–Crippen MR) is 167 cm³/mol. The van der Waals surface area contributed by atoms with Gasteiger partial charge in [-0.2, -0.15) is 0 Å². The van der Waals surface area contributed by atoms with E-state index >= 15 is 0 Å². The summed E-state index contributed by atoms with van der Waals surface area (Å²) in [6, 6.07) is 41.6. The number of rotatable bonds is 10. The number of hydrogen-bond acceptors (Lipinski definition) is 1. The van der Waals surface area contributed by atoms with Crippen LogP contribution in [-0.2, 0) is 4.43 Å². The van der Waals surface area contributed by atoms with Crippen molar-refractivity contribution in [1.82, 2.24) is 0 Å². The average Bonchev–Trinajstić information content (AvgIpc) is 3.70. The lowest BCUT2D eigenvalue weighted by Gasteiger charge is -2.38. The van der Waals surface area contributed by atoms with Gasteiger partial charge >= 0.3 is 0 Å². The molecule has 0 radical (unpaired) electrons. The third kappa shape index (κ3) is 4.80. The van der Waals surface area contributed by atoms with Crippen molar-refractivity contribution in [3.8, 4) is 0 Å². The third-order valence-corrected chi connectivity index (χ3v) is 12.8. The Bertz CT molecular complexity index is 1390. The Balaban J connectivity index is 1.31. The van der Waals surface area contributed by atoms with Gasteiger partial charge in [0.15, 0.2) is 0 Å². The molecule has 0 heterocycles. The van der Waals surface area contributed by atoms with Gasteiger partial charge in [-0.25, -0.2) is 0 Å². The van der Waals surface area contributed by atoms with Crippen LogP contribution in [0, 0.1) is 5.41 Å². The van der Waals surface area contributed by atoms with Crippen LogP contribution < -0.4 is 15.6 Å². The van der Waals surface area contributed by atoms with Crippen molar-refractivity contribution in [3.05, 3.63) is 156 Å². The molecule has 0 spiro atoms. The maximum Gasteiger partial charge on any atom is 0.288 e. The fraction of sp³-hybridized carbons (Fsp3) is 0.189. The van der Waals surface area contributed by atoms with E-state index in [0.717, 1.165) is 25.9 Å². The van der Waals surface area contributed by atoms with Crippen molar-refractivity contribution >= 4 is 30.0 Å². The summed E-state index contributed by atoms with van der Waals surface area (Å²) in [6.07, 6.45) is 14.7. The van der Waals surface area contributed by atoms with Crippen LogP contribution in [0.2, 0.25) is 0 Å². The molecule has 0 aliphatic heterocycles. The quantitative estimate of drug-likeness (QED) is 0.122. The van der Waals surface area contributed by atoms with E-state index in [1.807, 2.05) is 0 Å². The Morgan fingerprint density at radius 3 is 1.87 bits per heavy atom. The van der Waals surface area contributed by atoms with E-state index in [-0.39, 0.29) is 5.41 Å². The fourth-order valence-electron chi connectivity index (χ4n) is 6.62. The first kappa shape index (κ1) is 25.5. The SMILES string of the molecule is CC(CCCO[Si](c1ccccc1)(c1ccccc1)c1ccccc1)(C1=CC=CC1)C1C=Cc2ccccc21. The molecule has 0 bridgehead atoms. The molecule has 2 heteroatoms. The summed E-state index contributed by atoms with van der Waals surface area (Å²) in [5.74, 6) is 0.388. The van der Waals surface area contributed by atoms with Gasteiger partial charge in [-0.1, -0.05) is 158 Å². The average molecular weight is 525 g/mol. The minimum atomic E-state index is -2.68. The summed E-state index contributed by atoms with van der Waals surface area (Å²) in [7, 11) is -2.68. The first-order valence-corrected chi connectivity index (χ1v) is 16.1. The highest BCUT2D eigenvalue weighted by atomic mass is 28.4. The summed E-state index contributed by atoms with van der Waals surface area (Å²) < 4.78 is 7.26. The van der Waals surface area contributed by atoms with Crippen LogP contribution in [0.5, 0.6) is 0 Å². The summed E-state index contributed by atoms with van der Waals surface area (Å²) in [5.41, 5.74) is 4.40. The minimum Gasteiger partial charge on any atom is -0.404 e. The Labute approximate surface area is 234 Å². The van der Waals surface area contributed by atoms with Crippen molar-refractivity contribution in [2.24, 2.45) is 5.41 Å². The molecule has 194 valence electrons. The maximum absolute atomic E-state index is 7.26. The Morgan fingerprint density at radius 1 is 0.744 bits per heavy atom. The van der Waals surface area contributed by atoms with Crippen molar-refractivity contribution in [2.45, 2.75) is 32.1 Å². The molecular formula is C37H36OSi. The zero-order valence-corrected chi connectivity index (χ0v) is 23.7. The van der Waals surface area contributed by atoms with E-state index in [1.165, 1.54) is 32.3 Å². The largest absolute Gasteiger partial charge is 0.404 e. The molecule has 2 aliphatic carbocycles. The van der Waals surface area contributed by atoms with Gasteiger partial charge in [0, 0.05) is 12.5 Å². The van der Waals surface area contributed by atoms with Crippen LogP contribution in [-0.4, -0.2) is 14.9 Å². The van der Waals surface area contributed by atoms with Gasteiger partial charge in [0.25, 0.3) is 8.32 Å². The van der Waals surface area contributed by atoms with E-state index in [2.05, 4.69) is 153 Å². The molecule has 4 aromatic carbocycles. The second-order valence-corrected chi connectivity index (χ2v) is 14.3. The lowest BCUT2D eigenvalue weighted by molar-refractivity contribution is 0.255. The zero-order valence-electron chi connectivity index (χ0n) is 22.7. The van der Waals surface area contributed by atoms with Crippen LogP contribution >= 0.6 is 0 Å². The van der Waals surface area contributed by atoms with Crippen LogP contribution in [0.4, 0.5) is 0 Å². The van der Waals surface area contributed by atoms with E-state index in [0.29, 0.717) is 5.92 Å². The van der Waals surface area contributed by atoms with Gasteiger partial charge in [-0.15, -0.1) is 0 Å². The van der Waals surface area contributed by atoms with Crippen molar-refractivity contribution in [2.75, 3.05) is 6.61 Å². The molecule has 39 heavy (non-hydrogen) atoms. The van der Waals surface area contributed by atoms with Crippen LogP contribution in [0.15, 0.2) is 145 Å². The van der Waals surface area contributed by atoms with Crippen molar-refractivity contribution in [3.63, 3.8) is 0 Å². The molecule has 2 aliphatic rings. The molecule has 0 aromatic heterocycles. The number of benzene rings is 4. The molecular weight excluding hydrogens is 488 g/mol. The van der Waals surface area contributed by atoms with Gasteiger partial charge in [0.05, 0.1) is 0 Å². The second-order valence-electron chi connectivity index (χ2n) is 10.9. The van der Waals surface area contributed by atoms with Crippen LogP contribution in [0.1, 0.15) is 43.2 Å². The number of fused-ring (bicyclic) bond motifs is 1. The summed E-state index contributed by atoms with van der Waals surface area (Å²) in [6.45, 7) is 3.19.